The summed E-state index contributed by atoms with van der Waals surface area (Å²) in [7, 11) is 1.72. The van der Waals surface area contributed by atoms with E-state index in [0.29, 0.717) is 30.6 Å². The van der Waals surface area contributed by atoms with Gasteiger partial charge in [-0.3, -0.25) is 14.4 Å². The van der Waals surface area contributed by atoms with Crippen molar-refractivity contribution in [3.05, 3.63) is 63.3 Å². The molecule has 0 bridgehead atoms. The molecule has 2 aliphatic rings. The number of amides is 2. The molecular weight excluding hydrogens is 435 g/mol. The monoisotopic (exact) mass is 468 g/mol. The first kappa shape index (κ1) is 24.1. The first-order valence-electron chi connectivity index (χ1n) is 12.2. The van der Waals surface area contributed by atoms with Crippen molar-refractivity contribution in [2.75, 3.05) is 18.5 Å². The Labute approximate surface area is 199 Å². The van der Waals surface area contributed by atoms with Gasteiger partial charge >= 0.3 is 0 Å². The predicted octanol–water partition coefficient (Wildman–Crippen LogP) is 2.67. The van der Waals surface area contributed by atoms with E-state index in [1.54, 1.807) is 37.1 Å². The molecule has 1 aliphatic heterocycles. The highest BCUT2D eigenvalue weighted by Crippen LogP contribution is 2.32. The lowest BCUT2D eigenvalue weighted by atomic mass is 9.83. The van der Waals surface area contributed by atoms with E-state index in [1.165, 1.54) is 12.1 Å². The van der Waals surface area contributed by atoms with E-state index >= 15 is 0 Å². The largest absolute Gasteiger partial charge is 0.343 e. The van der Waals surface area contributed by atoms with E-state index in [9.17, 15) is 18.8 Å². The van der Waals surface area contributed by atoms with Gasteiger partial charge in [0.05, 0.1) is 11.7 Å². The third kappa shape index (κ3) is 5.22. The van der Waals surface area contributed by atoms with Crippen LogP contribution in [-0.2, 0) is 22.4 Å². The minimum atomic E-state index is -0.595. The number of H-pyrrole nitrogens is 1. The number of carbonyl (C=O) groups is 2. The summed E-state index contributed by atoms with van der Waals surface area (Å²) >= 11 is 0. The predicted molar refractivity (Wildman–Crippen MR) is 129 cm³/mol. The summed E-state index contributed by atoms with van der Waals surface area (Å²) < 4.78 is 13.3. The van der Waals surface area contributed by atoms with Crippen molar-refractivity contribution in [3.63, 3.8) is 0 Å². The Hall–Kier alpha value is -3.00. The minimum Gasteiger partial charge on any atom is -0.343 e. The summed E-state index contributed by atoms with van der Waals surface area (Å²) in [5.74, 6) is -0.544. The zero-order valence-corrected chi connectivity index (χ0v) is 19.8. The Morgan fingerprint density at radius 1 is 1.18 bits per heavy atom. The zero-order valence-electron chi connectivity index (χ0n) is 19.8. The Morgan fingerprint density at radius 2 is 1.88 bits per heavy atom. The van der Waals surface area contributed by atoms with Gasteiger partial charge in [0.15, 0.2) is 0 Å². The number of hydrogen-bond donors (Lipinski definition) is 3. The standard InChI is InChI=1S/C26H33FN4O3/c1-16(28-2)24(32)30-23(18-6-4-3-5-7-18)26(34)31-13-12-21-22(31)15-19(25(33)29-21)14-17-8-10-20(27)11-9-17/h8-11,15-16,18,23,28H,3-7,12-14H2,1-2H3,(H,29,33)(H,30,32)/t16-,23-/m0/s1. The highest BCUT2D eigenvalue weighted by atomic mass is 19.1. The summed E-state index contributed by atoms with van der Waals surface area (Å²) in [5, 5.41) is 5.95. The molecule has 0 saturated heterocycles. The van der Waals surface area contributed by atoms with Gasteiger partial charge in [0, 0.05) is 30.6 Å². The second-order valence-corrected chi connectivity index (χ2v) is 9.43. The number of aromatic amines is 1. The van der Waals surface area contributed by atoms with Crippen LogP contribution < -0.4 is 21.1 Å². The number of nitrogens with zero attached hydrogens (tertiary/aromatic N) is 1. The average Bonchev–Trinajstić information content (AvgIpc) is 3.26. The van der Waals surface area contributed by atoms with Crippen LogP contribution in [0.25, 0.3) is 0 Å². The number of pyridine rings is 1. The van der Waals surface area contributed by atoms with Crippen molar-refractivity contribution in [3.8, 4) is 0 Å². The molecule has 4 rings (SSSR count). The minimum absolute atomic E-state index is 0.0970. The number of aromatic nitrogens is 1. The molecule has 7 nitrogen and oxygen atoms in total. The molecule has 1 saturated carbocycles. The molecule has 3 N–H and O–H groups in total. The van der Waals surface area contributed by atoms with Crippen molar-refractivity contribution in [2.24, 2.45) is 5.92 Å². The Kier molecular flexibility index (Phi) is 7.46. The molecule has 1 fully saturated rings. The van der Waals surface area contributed by atoms with Crippen LogP contribution in [0.4, 0.5) is 10.1 Å². The number of anilines is 1. The van der Waals surface area contributed by atoms with Gasteiger partial charge in [-0.25, -0.2) is 4.39 Å². The molecule has 182 valence electrons. The zero-order chi connectivity index (χ0) is 24.2. The van der Waals surface area contributed by atoms with E-state index in [0.717, 1.165) is 43.4 Å². The maximum Gasteiger partial charge on any atom is 0.251 e. The molecular formula is C26H33FN4O3. The molecule has 34 heavy (non-hydrogen) atoms. The molecule has 2 atom stereocenters. The number of halogens is 1. The maximum absolute atomic E-state index is 13.8. The molecule has 1 aliphatic carbocycles. The Balaban J connectivity index is 1.60. The molecule has 0 radical (unpaired) electrons. The van der Waals surface area contributed by atoms with Crippen LogP contribution in [0.2, 0.25) is 0 Å². The van der Waals surface area contributed by atoms with Crippen molar-refractivity contribution < 1.29 is 14.0 Å². The fourth-order valence-electron chi connectivity index (χ4n) is 4.98. The van der Waals surface area contributed by atoms with Gasteiger partial charge in [-0.05, 0) is 56.5 Å². The van der Waals surface area contributed by atoms with Crippen LogP contribution in [0, 0.1) is 11.7 Å². The summed E-state index contributed by atoms with van der Waals surface area (Å²) in [6, 6.07) is 6.83. The van der Waals surface area contributed by atoms with Crippen molar-refractivity contribution in [1.82, 2.24) is 15.6 Å². The van der Waals surface area contributed by atoms with Gasteiger partial charge in [-0.1, -0.05) is 31.4 Å². The van der Waals surface area contributed by atoms with E-state index in [1.807, 2.05) is 0 Å². The van der Waals surface area contributed by atoms with Crippen LogP contribution >= 0.6 is 0 Å². The van der Waals surface area contributed by atoms with Crippen LogP contribution in [-0.4, -0.2) is 42.5 Å². The number of hydrogen-bond acceptors (Lipinski definition) is 4. The summed E-state index contributed by atoms with van der Waals surface area (Å²) in [4.78, 5) is 43.8. The number of likely N-dealkylation sites (N-methyl/N-ethyl adjacent to an activating group) is 1. The summed E-state index contributed by atoms with van der Waals surface area (Å²) in [5.41, 5.74) is 2.57. The number of rotatable bonds is 7. The van der Waals surface area contributed by atoms with Crippen molar-refractivity contribution in [2.45, 2.75) is 64.0 Å². The van der Waals surface area contributed by atoms with Crippen LogP contribution in [0.15, 0.2) is 35.1 Å². The van der Waals surface area contributed by atoms with E-state index in [-0.39, 0.29) is 29.1 Å². The molecule has 1 aromatic heterocycles. The molecule has 2 heterocycles. The van der Waals surface area contributed by atoms with Crippen molar-refractivity contribution in [1.29, 1.82) is 0 Å². The second-order valence-electron chi connectivity index (χ2n) is 9.43. The summed E-state index contributed by atoms with van der Waals surface area (Å²) in [6.07, 6.45) is 5.98. The molecule has 0 unspecified atom stereocenters. The molecule has 2 amide bonds. The third-order valence-electron chi connectivity index (χ3n) is 7.14. The van der Waals surface area contributed by atoms with Crippen LogP contribution in [0.1, 0.15) is 55.8 Å². The normalized spacial score (nSPS) is 17.8. The second kappa shape index (κ2) is 10.5. The maximum atomic E-state index is 13.8. The van der Waals surface area contributed by atoms with Crippen molar-refractivity contribution >= 4 is 17.5 Å². The highest BCUT2D eigenvalue weighted by Gasteiger charge is 2.37. The first-order valence-corrected chi connectivity index (χ1v) is 12.2. The van der Waals surface area contributed by atoms with Gasteiger partial charge in [0.2, 0.25) is 11.8 Å². The topological polar surface area (TPSA) is 94.3 Å². The lowest BCUT2D eigenvalue weighted by molar-refractivity contribution is -0.130. The van der Waals surface area contributed by atoms with Crippen LogP contribution in [0.5, 0.6) is 0 Å². The van der Waals surface area contributed by atoms with Gasteiger partial charge in [-0.2, -0.15) is 0 Å². The number of nitrogens with one attached hydrogen (secondary N) is 3. The average molecular weight is 469 g/mol. The Morgan fingerprint density at radius 3 is 2.56 bits per heavy atom. The van der Waals surface area contributed by atoms with E-state index < -0.39 is 12.1 Å². The van der Waals surface area contributed by atoms with E-state index in [4.69, 9.17) is 0 Å². The number of benzene rings is 1. The fraction of sp³-hybridized carbons (Fsp3) is 0.500. The molecule has 2 aromatic rings. The molecule has 1 aromatic carbocycles. The lowest BCUT2D eigenvalue weighted by Crippen LogP contribution is -2.55. The Bertz CT molecular complexity index is 1090. The SMILES string of the molecule is CN[C@@H](C)C(=O)N[C@H](C(=O)N1CCc2[nH]c(=O)c(Cc3ccc(F)cc3)cc21)C1CCCCC1. The quantitative estimate of drug-likeness (QED) is 0.582. The molecule has 0 spiro atoms. The summed E-state index contributed by atoms with van der Waals surface area (Å²) in [6.45, 7) is 2.24. The number of carbonyl (C=O) groups excluding carboxylic acids is 2. The van der Waals surface area contributed by atoms with E-state index in [2.05, 4.69) is 15.6 Å². The van der Waals surface area contributed by atoms with Gasteiger partial charge in [0.1, 0.15) is 11.9 Å². The van der Waals surface area contributed by atoms with Gasteiger partial charge in [0.25, 0.3) is 5.56 Å². The highest BCUT2D eigenvalue weighted by molar-refractivity contribution is 6.01. The lowest BCUT2D eigenvalue weighted by Gasteiger charge is -2.33. The van der Waals surface area contributed by atoms with Gasteiger partial charge < -0.3 is 20.5 Å². The number of fused-ring (bicyclic) bond motifs is 1. The first-order chi connectivity index (χ1) is 16.4. The molecule has 8 heteroatoms. The fourth-order valence-corrected chi connectivity index (χ4v) is 4.98. The third-order valence-corrected chi connectivity index (χ3v) is 7.14. The van der Waals surface area contributed by atoms with Gasteiger partial charge in [-0.15, -0.1) is 0 Å². The van der Waals surface area contributed by atoms with Crippen LogP contribution in [0.3, 0.4) is 0 Å². The smallest absolute Gasteiger partial charge is 0.251 e.